The Labute approximate surface area is 272 Å². The van der Waals surface area contributed by atoms with E-state index in [-0.39, 0.29) is 29.5 Å². The highest BCUT2D eigenvalue weighted by molar-refractivity contribution is 5.91. The molecule has 1 aromatic heterocycles. The van der Waals surface area contributed by atoms with Gasteiger partial charge in [0.05, 0.1) is 4.11 Å². The minimum absolute atomic E-state index is 0.0135. The smallest absolute Gasteiger partial charge is 0.164 e. The van der Waals surface area contributed by atoms with Gasteiger partial charge >= 0.3 is 0 Å². The molecule has 0 spiro atoms. The molecule has 0 amide bonds. The fraction of sp³-hybridized carbons (Fsp3) is 0. The third-order valence-corrected chi connectivity index (χ3v) is 8.06. The van der Waals surface area contributed by atoms with Gasteiger partial charge in [0.1, 0.15) is 0 Å². The summed E-state index contributed by atoms with van der Waals surface area (Å²) in [5, 5.41) is 2.06. The maximum absolute atomic E-state index is 9.44. The zero-order chi connectivity index (χ0) is 33.3. The lowest BCUT2D eigenvalue weighted by atomic mass is 9.97. The summed E-state index contributed by atoms with van der Waals surface area (Å²) in [4.78, 5) is 14.7. The van der Waals surface area contributed by atoms with Crippen LogP contribution < -0.4 is 0 Å². The molecule has 0 atom stereocenters. The van der Waals surface area contributed by atoms with Crippen LogP contribution in [0.25, 0.3) is 78.3 Å². The lowest BCUT2D eigenvalue weighted by Gasteiger charge is -2.12. The Kier molecular flexibility index (Phi) is 6.34. The van der Waals surface area contributed by atoms with E-state index in [0.717, 1.165) is 49.7 Å². The van der Waals surface area contributed by atoms with Crippen molar-refractivity contribution in [2.75, 3.05) is 0 Å². The van der Waals surface area contributed by atoms with Gasteiger partial charge in [0.2, 0.25) is 0 Å². The molecule has 3 nitrogen and oxygen atoms in total. The highest BCUT2D eigenvalue weighted by Gasteiger charge is 2.16. The van der Waals surface area contributed by atoms with Crippen LogP contribution in [0.5, 0.6) is 0 Å². The average Bonchev–Trinajstić information content (AvgIpc) is 3.15. The molecule has 0 aliphatic rings. The Bertz CT molecular complexity index is 2470. The minimum Gasteiger partial charge on any atom is -0.208 e. The van der Waals surface area contributed by atoms with Gasteiger partial charge in [-0.1, -0.05) is 158 Å². The summed E-state index contributed by atoms with van der Waals surface area (Å²) in [6.07, 6.45) is 0. The van der Waals surface area contributed by atoms with Crippen molar-refractivity contribution >= 4 is 10.8 Å². The molecule has 7 aromatic carbocycles. The molecule has 0 fully saturated rings. The zero-order valence-corrected chi connectivity index (χ0v) is 24.9. The molecular weight excluding hydrogens is 558 g/mol. The Morgan fingerprint density at radius 3 is 1.46 bits per heavy atom. The first-order valence-corrected chi connectivity index (χ1v) is 15.2. The van der Waals surface area contributed by atoms with E-state index < -0.39 is 0 Å². The monoisotopic (exact) mass is 590 g/mol. The van der Waals surface area contributed by atoms with Crippen LogP contribution in [-0.2, 0) is 0 Å². The van der Waals surface area contributed by atoms with Crippen molar-refractivity contribution in [2.24, 2.45) is 0 Å². The van der Waals surface area contributed by atoms with Gasteiger partial charge in [0.15, 0.2) is 17.5 Å². The molecule has 0 radical (unpaired) electrons. The van der Waals surface area contributed by atoms with E-state index in [1.165, 1.54) is 6.07 Å². The van der Waals surface area contributed by atoms with Crippen LogP contribution in [0, 0.1) is 0 Å². The zero-order valence-electron chi connectivity index (χ0n) is 27.9. The normalized spacial score (nSPS) is 12.0. The molecule has 0 saturated heterocycles. The summed E-state index contributed by atoms with van der Waals surface area (Å²) in [5.74, 6) is 1.11. The van der Waals surface area contributed by atoms with E-state index in [1.54, 1.807) is 0 Å². The van der Waals surface area contributed by atoms with E-state index in [0.29, 0.717) is 17.2 Å². The number of fused-ring (bicyclic) bond motifs is 1. The van der Waals surface area contributed by atoms with Gasteiger partial charge in [-0.15, -0.1) is 0 Å². The fourth-order valence-corrected chi connectivity index (χ4v) is 5.74. The van der Waals surface area contributed by atoms with Crippen LogP contribution in [-0.4, -0.2) is 15.0 Å². The second kappa shape index (κ2) is 12.1. The number of rotatable bonds is 6. The average molecular weight is 591 g/mol. The molecule has 0 bridgehead atoms. The van der Waals surface area contributed by atoms with Crippen molar-refractivity contribution in [3.8, 4) is 67.5 Å². The first-order valence-electron chi connectivity index (χ1n) is 16.7. The third-order valence-electron chi connectivity index (χ3n) is 8.06. The van der Waals surface area contributed by atoms with Crippen molar-refractivity contribution in [2.45, 2.75) is 0 Å². The topological polar surface area (TPSA) is 38.7 Å². The van der Waals surface area contributed by atoms with E-state index in [1.807, 2.05) is 121 Å². The molecule has 3 heteroatoms. The maximum atomic E-state index is 9.44. The summed E-state index contributed by atoms with van der Waals surface area (Å²) < 4.78 is 27.3. The summed E-state index contributed by atoms with van der Waals surface area (Å²) in [7, 11) is 0. The summed E-state index contributed by atoms with van der Waals surface area (Å²) in [6.45, 7) is 0. The molecule has 1 heterocycles. The summed E-state index contributed by atoms with van der Waals surface area (Å²) in [5.41, 5.74) is 7.27. The lowest BCUT2D eigenvalue weighted by molar-refractivity contribution is 1.07. The van der Waals surface area contributed by atoms with Crippen LogP contribution in [0.4, 0.5) is 0 Å². The SMILES string of the molecule is [2H]c1cc([2H])c(-c2nc(-c3ccccc3)nc(-c3ccccc3-c3ccccc3)n2)c([2H])c1-c1ccc2cc(-c3ccccc3)ccc2c1. The number of hydrogen-bond donors (Lipinski definition) is 0. The van der Waals surface area contributed by atoms with Crippen LogP contribution in [0.15, 0.2) is 176 Å². The van der Waals surface area contributed by atoms with E-state index >= 15 is 0 Å². The van der Waals surface area contributed by atoms with Gasteiger partial charge in [-0.05, 0) is 62.3 Å². The Morgan fingerprint density at radius 2 is 0.804 bits per heavy atom. The van der Waals surface area contributed by atoms with Crippen molar-refractivity contribution in [1.29, 1.82) is 0 Å². The predicted octanol–water partition coefficient (Wildman–Crippen LogP) is 11.0. The van der Waals surface area contributed by atoms with Crippen molar-refractivity contribution < 1.29 is 4.11 Å². The van der Waals surface area contributed by atoms with Crippen LogP contribution in [0.2, 0.25) is 0 Å². The maximum Gasteiger partial charge on any atom is 0.164 e. The molecule has 8 aromatic rings. The predicted molar refractivity (Wildman–Crippen MR) is 190 cm³/mol. The number of benzene rings is 7. The third kappa shape index (κ3) is 5.47. The second-order valence-electron chi connectivity index (χ2n) is 11.0. The number of hydrogen-bond acceptors (Lipinski definition) is 3. The molecule has 0 unspecified atom stereocenters. The van der Waals surface area contributed by atoms with Gasteiger partial charge < -0.3 is 0 Å². The van der Waals surface area contributed by atoms with Crippen molar-refractivity contribution in [3.63, 3.8) is 0 Å². The van der Waals surface area contributed by atoms with Gasteiger partial charge in [-0.3, -0.25) is 0 Å². The van der Waals surface area contributed by atoms with E-state index in [9.17, 15) is 1.37 Å². The first-order chi connectivity index (χ1) is 24.0. The van der Waals surface area contributed by atoms with Gasteiger partial charge in [-0.2, -0.15) is 0 Å². The van der Waals surface area contributed by atoms with Crippen LogP contribution in [0.1, 0.15) is 4.11 Å². The molecule has 46 heavy (non-hydrogen) atoms. The van der Waals surface area contributed by atoms with Crippen molar-refractivity contribution in [3.05, 3.63) is 176 Å². The quantitative estimate of drug-likeness (QED) is 0.193. The standard InChI is InChI=1S/C43H29N3/c1-4-13-30(14-5-1)34-23-24-37-28-35(25-26-36(37)27-34)33-19-12-20-38(29-33)42-44-41(32-17-8-3-9-18-32)45-43(46-42)40-22-11-10-21-39(40)31-15-6-2-7-16-31/h1-29H/i19D,20D,29D. The highest BCUT2D eigenvalue weighted by atomic mass is 15.0. The Balaban J connectivity index is 1.29. The number of nitrogens with zero attached hydrogens (tertiary/aromatic N) is 3. The Hall–Kier alpha value is -6.19. The molecule has 0 aliphatic heterocycles. The van der Waals surface area contributed by atoms with Gasteiger partial charge in [-0.25, -0.2) is 15.0 Å². The molecule has 216 valence electrons. The largest absolute Gasteiger partial charge is 0.208 e. The van der Waals surface area contributed by atoms with E-state index in [4.69, 9.17) is 17.7 Å². The fourth-order valence-electron chi connectivity index (χ4n) is 5.74. The van der Waals surface area contributed by atoms with Gasteiger partial charge in [0.25, 0.3) is 0 Å². The number of aromatic nitrogens is 3. The molecule has 0 saturated carbocycles. The molecule has 0 aliphatic carbocycles. The Morgan fingerprint density at radius 1 is 0.326 bits per heavy atom. The van der Waals surface area contributed by atoms with Crippen LogP contribution >= 0.6 is 0 Å². The molecular formula is C43H29N3. The first kappa shape index (κ1) is 24.2. The lowest BCUT2D eigenvalue weighted by Crippen LogP contribution is -2.01. The minimum atomic E-state index is 0.0135. The second-order valence-corrected chi connectivity index (χ2v) is 11.0. The highest BCUT2D eigenvalue weighted by Crippen LogP contribution is 2.34. The summed E-state index contributed by atoms with van der Waals surface area (Å²) >= 11 is 0. The molecule has 0 N–H and O–H groups in total. The summed E-state index contributed by atoms with van der Waals surface area (Å²) in [6, 6.07) is 51.9. The van der Waals surface area contributed by atoms with E-state index in [2.05, 4.69) is 30.3 Å². The van der Waals surface area contributed by atoms with Crippen LogP contribution in [0.3, 0.4) is 0 Å². The molecule has 8 rings (SSSR count). The van der Waals surface area contributed by atoms with Crippen molar-refractivity contribution in [1.82, 2.24) is 15.0 Å². The van der Waals surface area contributed by atoms with Gasteiger partial charge in [0, 0.05) is 16.7 Å².